The fourth-order valence-corrected chi connectivity index (χ4v) is 2.91. The molecule has 0 saturated heterocycles. The highest BCUT2D eigenvalue weighted by atomic mass is 35.5. The van der Waals surface area contributed by atoms with Crippen LogP contribution < -0.4 is 10.6 Å². The highest BCUT2D eigenvalue weighted by Gasteiger charge is 2.14. The molecule has 0 atom stereocenters. The molecule has 0 unspecified atom stereocenters. The molecule has 0 aliphatic carbocycles. The van der Waals surface area contributed by atoms with Crippen molar-refractivity contribution >= 4 is 58.0 Å². The van der Waals surface area contributed by atoms with Gasteiger partial charge in [-0.1, -0.05) is 59.1 Å². The van der Waals surface area contributed by atoms with Crippen molar-refractivity contribution in [1.82, 2.24) is 0 Å². The monoisotopic (exact) mass is 418 g/mol. The Morgan fingerprint density at radius 2 is 1.44 bits per heavy atom. The van der Waals surface area contributed by atoms with Gasteiger partial charge >= 0.3 is 0 Å². The van der Waals surface area contributed by atoms with Gasteiger partial charge in [-0.15, -0.1) is 0 Å². The first-order valence-electron chi connectivity index (χ1n) is 7.87. The van der Waals surface area contributed by atoms with Crippen LogP contribution in [0.1, 0.15) is 20.7 Å². The Kier molecular flexibility index (Phi) is 6.01. The van der Waals surface area contributed by atoms with Gasteiger partial charge in [-0.3, -0.25) is 9.59 Å². The Balaban J connectivity index is 1.80. The normalized spacial score (nSPS) is 10.3. The number of carbonyl (C=O) groups excluding carboxylic acids is 2. The highest BCUT2D eigenvalue weighted by molar-refractivity contribution is 6.44. The molecule has 0 aliphatic rings. The highest BCUT2D eigenvalue weighted by Crippen LogP contribution is 2.29. The van der Waals surface area contributed by atoms with Crippen molar-refractivity contribution in [3.63, 3.8) is 0 Å². The van der Waals surface area contributed by atoms with Crippen LogP contribution in [-0.4, -0.2) is 11.8 Å². The van der Waals surface area contributed by atoms with Crippen molar-refractivity contribution in [2.45, 2.75) is 0 Å². The maximum atomic E-state index is 12.5. The van der Waals surface area contributed by atoms with Crippen molar-refractivity contribution < 1.29 is 9.59 Å². The SMILES string of the molecule is O=C(Nc1cc(NC(=O)c2cccc(Cl)c2Cl)ccc1Cl)c1ccccc1. The molecular formula is C20H13Cl3N2O2. The third-order valence-electron chi connectivity index (χ3n) is 3.70. The summed E-state index contributed by atoms with van der Waals surface area (Å²) in [6.07, 6.45) is 0. The van der Waals surface area contributed by atoms with Crippen molar-refractivity contribution in [1.29, 1.82) is 0 Å². The predicted molar refractivity (Wildman–Crippen MR) is 110 cm³/mol. The lowest BCUT2D eigenvalue weighted by Gasteiger charge is -2.11. The molecule has 0 aromatic heterocycles. The second-order valence-electron chi connectivity index (χ2n) is 5.57. The third-order valence-corrected chi connectivity index (χ3v) is 4.85. The Morgan fingerprint density at radius 3 is 2.19 bits per heavy atom. The van der Waals surface area contributed by atoms with E-state index in [0.717, 1.165) is 0 Å². The molecule has 0 heterocycles. The number of carbonyl (C=O) groups is 2. The first kappa shape index (κ1) is 19.2. The van der Waals surface area contributed by atoms with Gasteiger partial charge in [0.05, 0.1) is 26.3 Å². The van der Waals surface area contributed by atoms with E-state index in [1.807, 2.05) is 6.07 Å². The van der Waals surface area contributed by atoms with Gasteiger partial charge in [0.1, 0.15) is 0 Å². The largest absolute Gasteiger partial charge is 0.322 e. The summed E-state index contributed by atoms with van der Waals surface area (Å²) in [5.41, 5.74) is 1.56. The summed E-state index contributed by atoms with van der Waals surface area (Å²) in [6.45, 7) is 0. The number of nitrogens with one attached hydrogen (secondary N) is 2. The molecule has 0 aliphatic heterocycles. The summed E-state index contributed by atoms with van der Waals surface area (Å²) in [5, 5.41) is 6.25. The van der Waals surface area contributed by atoms with Crippen LogP contribution in [0.4, 0.5) is 11.4 Å². The molecular weight excluding hydrogens is 407 g/mol. The molecule has 0 spiro atoms. The minimum atomic E-state index is -0.426. The molecule has 2 amide bonds. The van der Waals surface area contributed by atoms with E-state index in [-0.39, 0.29) is 21.5 Å². The Hall–Kier alpha value is -2.53. The average molecular weight is 420 g/mol. The van der Waals surface area contributed by atoms with E-state index in [9.17, 15) is 9.59 Å². The molecule has 3 aromatic carbocycles. The molecule has 7 heteroatoms. The van der Waals surface area contributed by atoms with Gasteiger partial charge in [0, 0.05) is 11.3 Å². The zero-order valence-corrected chi connectivity index (χ0v) is 16.1. The lowest BCUT2D eigenvalue weighted by molar-refractivity contribution is 0.101. The second kappa shape index (κ2) is 8.44. The van der Waals surface area contributed by atoms with Gasteiger partial charge in [-0.25, -0.2) is 0 Å². The lowest BCUT2D eigenvalue weighted by atomic mass is 10.2. The van der Waals surface area contributed by atoms with Crippen molar-refractivity contribution in [3.05, 3.63) is 92.9 Å². The summed E-state index contributed by atoms with van der Waals surface area (Å²) in [7, 11) is 0. The zero-order chi connectivity index (χ0) is 19.4. The van der Waals surface area contributed by atoms with Crippen LogP contribution in [0.3, 0.4) is 0 Å². The number of halogens is 3. The van der Waals surface area contributed by atoms with E-state index in [1.54, 1.807) is 60.7 Å². The maximum absolute atomic E-state index is 12.5. The topological polar surface area (TPSA) is 58.2 Å². The van der Waals surface area contributed by atoms with Gasteiger partial charge in [0.15, 0.2) is 0 Å². The fraction of sp³-hybridized carbons (Fsp3) is 0. The fourth-order valence-electron chi connectivity index (χ4n) is 2.36. The van der Waals surface area contributed by atoms with Crippen LogP contribution in [0, 0.1) is 0 Å². The summed E-state index contributed by atoms with van der Waals surface area (Å²) >= 11 is 18.2. The van der Waals surface area contributed by atoms with E-state index < -0.39 is 5.91 Å². The Morgan fingerprint density at radius 1 is 0.704 bits per heavy atom. The summed E-state index contributed by atoms with van der Waals surface area (Å²) in [6, 6.07) is 18.3. The average Bonchev–Trinajstić information content (AvgIpc) is 2.67. The first-order chi connectivity index (χ1) is 13.0. The summed E-state index contributed by atoms with van der Waals surface area (Å²) in [4.78, 5) is 24.8. The Labute approximate surface area is 171 Å². The molecule has 3 aromatic rings. The number of anilines is 2. The molecule has 2 N–H and O–H groups in total. The van der Waals surface area contributed by atoms with Crippen molar-refractivity contribution in [2.75, 3.05) is 10.6 Å². The van der Waals surface area contributed by atoms with Gasteiger partial charge < -0.3 is 10.6 Å². The molecule has 136 valence electrons. The minimum Gasteiger partial charge on any atom is -0.322 e. The molecule has 0 saturated carbocycles. The smallest absolute Gasteiger partial charge is 0.257 e. The van der Waals surface area contributed by atoms with E-state index in [1.165, 1.54) is 0 Å². The lowest BCUT2D eigenvalue weighted by Crippen LogP contribution is -2.14. The molecule has 0 radical (unpaired) electrons. The molecule has 3 rings (SSSR count). The minimum absolute atomic E-state index is 0.170. The van der Waals surface area contributed by atoms with Gasteiger partial charge in [0.2, 0.25) is 0 Å². The predicted octanol–water partition coefficient (Wildman–Crippen LogP) is 6.15. The molecule has 27 heavy (non-hydrogen) atoms. The van der Waals surface area contributed by atoms with Crippen molar-refractivity contribution in [2.24, 2.45) is 0 Å². The quantitative estimate of drug-likeness (QED) is 0.533. The molecule has 0 fully saturated rings. The van der Waals surface area contributed by atoms with E-state index in [0.29, 0.717) is 22.0 Å². The maximum Gasteiger partial charge on any atom is 0.257 e. The van der Waals surface area contributed by atoms with Crippen LogP contribution in [0.5, 0.6) is 0 Å². The van der Waals surface area contributed by atoms with Crippen LogP contribution in [-0.2, 0) is 0 Å². The molecule has 0 bridgehead atoms. The van der Waals surface area contributed by atoms with Gasteiger partial charge in [0.25, 0.3) is 11.8 Å². The van der Waals surface area contributed by atoms with E-state index in [4.69, 9.17) is 34.8 Å². The number of rotatable bonds is 4. The van der Waals surface area contributed by atoms with E-state index in [2.05, 4.69) is 10.6 Å². The van der Waals surface area contributed by atoms with E-state index >= 15 is 0 Å². The van der Waals surface area contributed by atoms with Crippen LogP contribution in [0.2, 0.25) is 15.1 Å². The number of hydrogen-bond acceptors (Lipinski definition) is 2. The third kappa shape index (κ3) is 4.61. The number of benzene rings is 3. The number of hydrogen-bond donors (Lipinski definition) is 2. The Bertz CT molecular complexity index is 1010. The van der Waals surface area contributed by atoms with Crippen LogP contribution in [0.15, 0.2) is 66.7 Å². The van der Waals surface area contributed by atoms with Crippen LogP contribution in [0.25, 0.3) is 0 Å². The first-order valence-corrected chi connectivity index (χ1v) is 9.00. The molecule has 4 nitrogen and oxygen atoms in total. The van der Waals surface area contributed by atoms with Gasteiger partial charge in [-0.05, 0) is 42.5 Å². The zero-order valence-electron chi connectivity index (χ0n) is 13.8. The van der Waals surface area contributed by atoms with Crippen molar-refractivity contribution in [3.8, 4) is 0 Å². The standard InChI is InChI=1S/C20H13Cl3N2O2/c21-15-10-9-13(24-20(27)14-7-4-8-16(22)18(14)23)11-17(15)25-19(26)12-5-2-1-3-6-12/h1-11H,(H,24,27)(H,25,26). The summed E-state index contributed by atoms with van der Waals surface area (Å²) in [5.74, 6) is -0.732. The summed E-state index contributed by atoms with van der Waals surface area (Å²) < 4.78 is 0. The number of amides is 2. The van der Waals surface area contributed by atoms with Crippen LogP contribution >= 0.6 is 34.8 Å². The van der Waals surface area contributed by atoms with Gasteiger partial charge in [-0.2, -0.15) is 0 Å². The second-order valence-corrected chi connectivity index (χ2v) is 6.76.